The van der Waals surface area contributed by atoms with Gasteiger partial charge in [-0.15, -0.1) is 0 Å². The van der Waals surface area contributed by atoms with Crippen LogP contribution in [0.3, 0.4) is 0 Å². The molecule has 23 heavy (non-hydrogen) atoms. The molecule has 0 radical (unpaired) electrons. The largest absolute Gasteiger partial charge is 0.337 e. The number of hydrogen-bond acceptors (Lipinski definition) is 5. The molecule has 1 saturated carbocycles. The van der Waals surface area contributed by atoms with Gasteiger partial charge in [0, 0.05) is 11.6 Å². The summed E-state index contributed by atoms with van der Waals surface area (Å²) in [6.45, 7) is 2.28. The Balaban J connectivity index is 1.64. The number of hydrogen-bond donors (Lipinski definition) is 1. The van der Waals surface area contributed by atoms with Crippen LogP contribution in [0.25, 0.3) is 22.3 Å². The summed E-state index contributed by atoms with van der Waals surface area (Å²) in [5.74, 6) is 1.01. The first-order valence-corrected chi connectivity index (χ1v) is 8.08. The highest BCUT2D eigenvalue weighted by Gasteiger charge is 2.35. The highest BCUT2D eigenvalue weighted by atomic mass is 16.5. The van der Waals surface area contributed by atoms with Crippen molar-refractivity contribution in [1.29, 1.82) is 0 Å². The van der Waals surface area contributed by atoms with Crippen LogP contribution >= 0.6 is 0 Å². The second-order valence-corrected chi connectivity index (χ2v) is 6.81. The Kier molecular flexibility index (Phi) is 3.38. The fourth-order valence-electron chi connectivity index (χ4n) is 3.38. The first-order chi connectivity index (χ1) is 11.1. The van der Waals surface area contributed by atoms with Crippen molar-refractivity contribution in [3.05, 3.63) is 42.4 Å². The minimum absolute atomic E-state index is 0.212. The van der Waals surface area contributed by atoms with E-state index in [1.165, 1.54) is 19.3 Å². The Hall–Kier alpha value is -2.27. The van der Waals surface area contributed by atoms with Gasteiger partial charge in [0.2, 0.25) is 11.7 Å². The standard InChI is InChI=1S/C18H20N4O/c1-18(8-4-9-18)11-14(19)17-21-16(22-23-17)15-13-6-3-2-5-12(13)7-10-20-15/h2-3,5-7,10,14H,4,8-9,11,19H2,1H3. The predicted octanol–water partition coefficient (Wildman–Crippen LogP) is 3.86. The van der Waals surface area contributed by atoms with Crippen molar-refractivity contribution in [2.24, 2.45) is 11.1 Å². The molecule has 0 aliphatic heterocycles. The third-order valence-corrected chi connectivity index (χ3v) is 4.92. The maximum Gasteiger partial charge on any atom is 0.243 e. The van der Waals surface area contributed by atoms with Crippen molar-refractivity contribution in [3.63, 3.8) is 0 Å². The molecule has 0 spiro atoms. The highest BCUT2D eigenvalue weighted by Crippen LogP contribution is 2.46. The molecule has 1 aliphatic rings. The molecule has 0 amide bonds. The molecule has 1 aromatic carbocycles. The Labute approximate surface area is 134 Å². The Morgan fingerprint density at radius 3 is 2.87 bits per heavy atom. The van der Waals surface area contributed by atoms with E-state index in [9.17, 15) is 0 Å². The average Bonchev–Trinajstić information content (AvgIpc) is 3.03. The van der Waals surface area contributed by atoms with Gasteiger partial charge in [0.15, 0.2) is 0 Å². The molecule has 1 fully saturated rings. The van der Waals surface area contributed by atoms with Crippen LogP contribution in [0.1, 0.15) is 44.5 Å². The molecule has 5 nitrogen and oxygen atoms in total. The first-order valence-electron chi connectivity index (χ1n) is 8.08. The average molecular weight is 308 g/mol. The normalized spacial score (nSPS) is 17.8. The van der Waals surface area contributed by atoms with Crippen LogP contribution in [0.4, 0.5) is 0 Å². The fourth-order valence-corrected chi connectivity index (χ4v) is 3.38. The van der Waals surface area contributed by atoms with Crippen molar-refractivity contribution in [2.75, 3.05) is 0 Å². The van der Waals surface area contributed by atoms with Gasteiger partial charge in [0.25, 0.3) is 0 Å². The van der Waals surface area contributed by atoms with E-state index in [-0.39, 0.29) is 6.04 Å². The molecule has 2 heterocycles. The molecule has 3 aromatic rings. The van der Waals surface area contributed by atoms with E-state index in [1.807, 2.05) is 30.3 Å². The first kappa shape index (κ1) is 14.3. The zero-order chi connectivity index (χ0) is 15.9. The maximum atomic E-state index is 6.28. The quantitative estimate of drug-likeness (QED) is 0.791. The lowest BCUT2D eigenvalue weighted by atomic mass is 9.67. The lowest BCUT2D eigenvalue weighted by molar-refractivity contribution is 0.127. The summed E-state index contributed by atoms with van der Waals surface area (Å²) in [6.07, 6.45) is 6.40. The van der Waals surface area contributed by atoms with Crippen LogP contribution in [0.2, 0.25) is 0 Å². The molecular formula is C18H20N4O. The number of nitrogens with two attached hydrogens (primary N) is 1. The van der Waals surface area contributed by atoms with Crippen molar-refractivity contribution in [3.8, 4) is 11.5 Å². The molecule has 2 aromatic heterocycles. The molecule has 118 valence electrons. The van der Waals surface area contributed by atoms with Gasteiger partial charge < -0.3 is 10.3 Å². The summed E-state index contributed by atoms with van der Waals surface area (Å²) < 4.78 is 5.42. The smallest absolute Gasteiger partial charge is 0.243 e. The van der Waals surface area contributed by atoms with E-state index in [1.54, 1.807) is 6.20 Å². The SMILES string of the molecule is CC1(CC(N)c2nc(-c3nccc4ccccc34)no2)CCC1. The Morgan fingerprint density at radius 2 is 2.09 bits per heavy atom. The summed E-state index contributed by atoms with van der Waals surface area (Å²) in [5, 5.41) is 6.23. The zero-order valence-corrected chi connectivity index (χ0v) is 13.2. The van der Waals surface area contributed by atoms with E-state index >= 15 is 0 Å². The second kappa shape index (κ2) is 5.42. The second-order valence-electron chi connectivity index (χ2n) is 6.81. The Bertz CT molecular complexity index is 832. The summed E-state index contributed by atoms with van der Waals surface area (Å²) >= 11 is 0. The van der Waals surface area contributed by atoms with E-state index in [2.05, 4.69) is 22.0 Å². The molecule has 1 atom stereocenters. The number of nitrogens with zero attached hydrogens (tertiary/aromatic N) is 3. The monoisotopic (exact) mass is 308 g/mol. The topological polar surface area (TPSA) is 77.8 Å². The van der Waals surface area contributed by atoms with E-state index in [4.69, 9.17) is 10.3 Å². The minimum atomic E-state index is -0.212. The summed E-state index contributed by atoms with van der Waals surface area (Å²) in [6, 6.07) is 9.81. The maximum absolute atomic E-state index is 6.28. The lowest BCUT2D eigenvalue weighted by Crippen LogP contribution is -2.30. The summed E-state index contributed by atoms with van der Waals surface area (Å²) in [7, 11) is 0. The molecule has 1 aliphatic carbocycles. The summed E-state index contributed by atoms with van der Waals surface area (Å²) in [4.78, 5) is 8.93. The summed E-state index contributed by atoms with van der Waals surface area (Å²) in [5.41, 5.74) is 7.34. The van der Waals surface area contributed by atoms with Gasteiger partial charge in [0.1, 0.15) is 5.69 Å². The molecule has 2 N–H and O–H groups in total. The van der Waals surface area contributed by atoms with Crippen molar-refractivity contribution < 1.29 is 4.52 Å². The van der Waals surface area contributed by atoms with Crippen LogP contribution in [0, 0.1) is 5.41 Å². The van der Waals surface area contributed by atoms with E-state index in [0.29, 0.717) is 17.1 Å². The lowest BCUT2D eigenvalue weighted by Gasteiger charge is -2.39. The number of fused-ring (bicyclic) bond motifs is 1. The molecular weight excluding hydrogens is 288 g/mol. The number of pyridine rings is 1. The minimum Gasteiger partial charge on any atom is -0.337 e. The molecule has 0 bridgehead atoms. The van der Waals surface area contributed by atoms with Gasteiger partial charge >= 0.3 is 0 Å². The van der Waals surface area contributed by atoms with Gasteiger partial charge in [-0.1, -0.05) is 42.8 Å². The fraction of sp³-hybridized carbons (Fsp3) is 0.389. The Morgan fingerprint density at radius 1 is 1.26 bits per heavy atom. The van der Waals surface area contributed by atoms with Crippen molar-refractivity contribution >= 4 is 10.8 Å². The van der Waals surface area contributed by atoms with Gasteiger partial charge in [-0.2, -0.15) is 4.98 Å². The van der Waals surface area contributed by atoms with Crippen LogP contribution in [-0.2, 0) is 0 Å². The van der Waals surface area contributed by atoms with Gasteiger partial charge in [-0.05, 0) is 36.1 Å². The van der Waals surface area contributed by atoms with Crippen LogP contribution in [0.15, 0.2) is 41.1 Å². The third kappa shape index (κ3) is 2.61. The van der Waals surface area contributed by atoms with E-state index < -0.39 is 0 Å². The molecule has 0 saturated heterocycles. The van der Waals surface area contributed by atoms with Gasteiger partial charge in [-0.25, -0.2) is 0 Å². The van der Waals surface area contributed by atoms with Crippen LogP contribution < -0.4 is 5.73 Å². The van der Waals surface area contributed by atoms with E-state index in [0.717, 1.165) is 22.9 Å². The number of rotatable bonds is 4. The van der Waals surface area contributed by atoms with Crippen molar-refractivity contribution in [1.82, 2.24) is 15.1 Å². The van der Waals surface area contributed by atoms with Gasteiger partial charge in [-0.3, -0.25) is 4.98 Å². The van der Waals surface area contributed by atoms with Crippen molar-refractivity contribution in [2.45, 2.75) is 38.6 Å². The third-order valence-electron chi connectivity index (χ3n) is 4.92. The van der Waals surface area contributed by atoms with Crippen LogP contribution in [0.5, 0.6) is 0 Å². The predicted molar refractivity (Wildman–Crippen MR) is 88.5 cm³/mol. The molecule has 5 heteroatoms. The van der Waals surface area contributed by atoms with Gasteiger partial charge in [0.05, 0.1) is 6.04 Å². The highest BCUT2D eigenvalue weighted by molar-refractivity contribution is 5.92. The number of aromatic nitrogens is 3. The zero-order valence-electron chi connectivity index (χ0n) is 13.2. The van der Waals surface area contributed by atoms with Crippen LogP contribution in [-0.4, -0.2) is 15.1 Å². The molecule has 4 rings (SSSR count). The number of benzene rings is 1. The molecule has 1 unspecified atom stereocenters.